The number of nitrogens with zero attached hydrogens (tertiary/aromatic N) is 4. The van der Waals surface area contributed by atoms with Gasteiger partial charge in [-0.3, -0.25) is 24.2 Å². The molecule has 3 atom stereocenters. The summed E-state index contributed by atoms with van der Waals surface area (Å²) >= 11 is 0. The quantitative estimate of drug-likeness (QED) is 0.290. The summed E-state index contributed by atoms with van der Waals surface area (Å²) in [4.78, 5) is 59.8. The van der Waals surface area contributed by atoms with Crippen LogP contribution < -0.4 is 15.4 Å². The lowest BCUT2D eigenvalue weighted by molar-refractivity contribution is -0.140. The van der Waals surface area contributed by atoms with Crippen molar-refractivity contribution < 1.29 is 28.3 Å². The number of rotatable bonds is 12. The van der Waals surface area contributed by atoms with Gasteiger partial charge in [0.15, 0.2) is 0 Å². The average Bonchev–Trinajstić information content (AvgIpc) is 3.73. The molecule has 1 aliphatic rings. The molecule has 2 aromatic heterocycles. The van der Waals surface area contributed by atoms with Crippen LogP contribution in [0.15, 0.2) is 53.1 Å². The summed E-state index contributed by atoms with van der Waals surface area (Å²) in [5.41, 5.74) is 0.340. The summed E-state index contributed by atoms with van der Waals surface area (Å²) in [6, 6.07) is 9.47. The first-order chi connectivity index (χ1) is 21.3. The van der Waals surface area contributed by atoms with Crippen LogP contribution in [0.3, 0.4) is 0 Å². The number of ether oxygens (including phenoxy) is 1. The molecular weight excluding hydrogens is 576 g/mol. The molecule has 1 saturated heterocycles. The number of ketones is 1. The number of methoxy groups -OCH3 is 1. The molecule has 1 fully saturated rings. The van der Waals surface area contributed by atoms with E-state index < -0.39 is 41.1 Å². The normalized spacial score (nSPS) is 16.4. The van der Waals surface area contributed by atoms with Crippen molar-refractivity contribution in [3.05, 3.63) is 71.7 Å². The number of carbonyl (C=O) groups excluding carboxylic acids is 4. The van der Waals surface area contributed by atoms with Gasteiger partial charge < -0.3 is 24.7 Å². The van der Waals surface area contributed by atoms with Gasteiger partial charge in [0.2, 0.25) is 23.5 Å². The zero-order valence-electron chi connectivity index (χ0n) is 26.9. The Hall–Kier alpha value is -4.61. The van der Waals surface area contributed by atoms with E-state index in [9.17, 15) is 19.2 Å². The Bertz CT molecular complexity index is 1500. The second-order valence-electron chi connectivity index (χ2n) is 12.5. The van der Waals surface area contributed by atoms with Crippen LogP contribution >= 0.6 is 0 Å². The highest BCUT2D eigenvalue weighted by Crippen LogP contribution is 2.29. The number of likely N-dealkylation sites (tertiary alicyclic amines) is 1. The zero-order valence-corrected chi connectivity index (χ0v) is 26.9. The first-order valence-electron chi connectivity index (χ1n) is 15.2. The molecule has 1 aliphatic heterocycles. The Labute approximate surface area is 263 Å². The van der Waals surface area contributed by atoms with Gasteiger partial charge in [0, 0.05) is 18.3 Å². The third kappa shape index (κ3) is 7.38. The molecule has 2 N–H and O–H groups in total. The van der Waals surface area contributed by atoms with Gasteiger partial charge in [-0.15, -0.1) is 10.2 Å². The molecule has 0 spiro atoms. The summed E-state index contributed by atoms with van der Waals surface area (Å²) in [5, 5.41) is 13.8. The molecule has 45 heavy (non-hydrogen) atoms. The SMILES string of the molecule is COc1ccc(C(=O)N[C@H](C(=O)N2CCC[C@H]2C(=O)NC(C(=O)c2nnc(C(C)(C)c3ccccn3)o2)C(C)C)C(C)C)cc1. The predicted molar refractivity (Wildman–Crippen MR) is 166 cm³/mol. The molecule has 0 aliphatic carbocycles. The highest BCUT2D eigenvalue weighted by molar-refractivity contribution is 6.01. The number of Topliss-reactive ketones (excluding diaryl/α,β-unsaturated/α-hetero) is 1. The molecule has 0 bridgehead atoms. The van der Waals surface area contributed by atoms with Crippen molar-refractivity contribution in [1.29, 1.82) is 0 Å². The Morgan fingerprint density at radius 2 is 1.64 bits per heavy atom. The van der Waals surface area contributed by atoms with Crippen molar-refractivity contribution in [1.82, 2.24) is 30.7 Å². The second-order valence-corrected chi connectivity index (χ2v) is 12.5. The van der Waals surface area contributed by atoms with Gasteiger partial charge in [-0.1, -0.05) is 33.8 Å². The number of hydrogen-bond acceptors (Lipinski definition) is 9. The summed E-state index contributed by atoms with van der Waals surface area (Å²) in [6.07, 6.45) is 2.70. The molecule has 12 nitrogen and oxygen atoms in total. The first-order valence-corrected chi connectivity index (χ1v) is 15.2. The Morgan fingerprint density at radius 1 is 0.956 bits per heavy atom. The van der Waals surface area contributed by atoms with Crippen molar-refractivity contribution in [3.8, 4) is 5.75 Å². The van der Waals surface area contributed by atoms with Gasteiger partial charge in [-0.05, 0) is 74.9 Å². The third-order valence-corrected chi connectivity index (χ3v) is 8.13. The first kappa shape index (κ1) is 33.3. The topological polar surface area (TPSA) is 157 Å². The molecule has 0 radical (unpaired) electrons. The Kier molecular flexibility index (Phi) is 10.4. The molecule has 1 unspecified atom stereocenters. The predicted octanol–water partition coefficient (Wildman–Crippen LogP) is 3.57. The standard InChI is InChI=1S/C33H42N6O6/c1-19(2)25(27(40)30-37-38-32(45-30)33(5,6)24-12-8-9-17-34-24)35-29(42)23-11-10-18-39(23)31(43)26(20(3)4)36-28(41)21-13-15-22(44-7)16-14-21/h8-9,12-17,19-20,23,25-26H,10-11,18H2,1-7H3,(H,35,42)(H,36,41)/t23-,25?,26-/m0/s1. The molecule has 1 aromatic carbocycles. The van der Waals surface area contributed by atoms with Crippen LogP contribution in [0.2, 0.25) is 0 Å². The van der Waals surface area contributed by atoms with Crippen LogP contribution in [0.1, 0.15) is 87.0 Å². The van der Waals surface area contributed by atoms with E-state index in [1.807, 2.05) is 39.8 Å². The van der Waals surface area contributed by atoms with Crippen LogP contribution in [-0.2, 0) is 15.0 Å². The highest BCUT2D eigenvalue weighted by atomic mass is 16.5. The smallest absolute Gasteiger partial charge is 0.286 e. The minimum absolute atomic E-state index is 0.214. The van der Waals surface area contributed by atoms with Gasteiger partial charge in [0.25, 0.3) is 11.8 Å². The summed E-state index contributed by atoms with van der Waals surface area (Å²) in [5.74, 6) is -1.65. The fourth-order valence-corrected chi connectivity index (χ4v) is 5.30. The number of amides is 3. The fraction of sp³-hybridized carbons (Fsp3) is 0.485. The maximum atomic E-state index is 13.8. The van der Waals surface area contributed by atoms with Crippen molar-refractivity contribution in [2.45, 2.75) is 77.9 Å². The van der Waals surface area contributed by atoms with Crippen molar-refractivity contribution in [2.24, 2.45) is 11.8 Å². The van der Waals surface area contributed by atoms with Crippen LogP contribution in [0, 0.1) is 11.8 Å². The van der Waals surface area contributed by atoms with E-state index in [1.165, 1.54) is 12.0 Å². The molecule has 3 aromatic rings. The van der Waals surface area contributed by atoms with E-state index in [-0.39, 0.29) is 29.5 Å². The van der Waals surface area contributed by atoms with Crippen molar-refractivity contribution in [2.75, 3.05) is 13.7 Å². The fourth-order valence-electron chi connectivity index (χ4n) is 5.30. The van der Waals surface area contributed by atoms with E-state index in [4.69, 9.17) is 9.15 Å². The maximum Gasteiger partial charge on any atom is 0.286 e. The number of hydrogen-bond donors (Lipinski definition) is 2. The van der Waals surface area contributed by atoms with Crippen molar-refractivity contribution >= 4 is 23.5 Å². The molecule has 240 valence electrons. The average molecular weight is 619 g/mol. The Morgan fingerprint density at radius 3 is 2.24 bits per heavy atom. The number of nitrogens with one attached hydrogen (secondary N) is 2. The molecule has 0 saturated carbocycles. The van der Waals surface area contributed by atoms with E-state index >= 15 is 0 Å². The molecule has 3 heterocycles. The lowest BCUT2D eigenvalue weighted by Gasteiger charge is -2.31. The van der Waals surface area contributed by atoms with E-state index in [2.05, 4.69) is 25.8 Å². The van der Waals surface area contributed by atoms with Crippen LogP contribution in [-0.4, -0.2) is 75.4 Å². The molecular formula is C33H42N6O6. The molecule has 3 amide bonds. The number of pyridine rings is 1. The highest BCUT2D eigenvalue weighted by Gasteiger charge is 2.41. The molecule has 12 heteroatoms. The van der Waals surface area contributed by atoms with E-state index in [1.54, 1.807) is 50.4 Å². The second kappa shape index (κ2) is 14.0. The number of aromatic nitrogens is 3. The number of carbonyl (C=O) groups is 4. The van der Waals surface area contributed by atoms with E-state index in [0.29, 0.717) is 36.4 Å². The minimum atomic E-state index is -0.961. The van der Waals surface area contributed by atoms with Crippen LogP contribution in [0.25, 0.3) is 0 Å². The van der Waals surface area contributed by atoms with Gasteiger partial charge in [0.1, 0.15) is 17.8 Å². The lowest BCUT2D eigenvalue weighted by atomic mass is 9.89. The summed E-state index contributed by atoms with van der Waals surface area (Å²) in [6.45, 7) is 11.4. The van der Waals surface area contributed by atoms with E-state index in [0.717, 1.165) is 0 Å². The van der Waals surface area contributed by atoms with Gasteiger partial charge in [-0.25, -0.2) is 0 Å². The van der Waals surface area contributed by atoms with Gasteiger partial charge in [0.05, 0.1) is 24.3 Å². The van der Waals surface area contributed by atoms with Gasteiger partial charge >= 0.3 is 0 Å². The largest absolute Gasteiger partial charge is 0.497 e. The maximum absolute atomic E-state index is 13.8. The zero-order chi connectivity index (χ0) is 32.9. The summed E-state index contributed by atoms with van der Waals surface area (Å²) < 4.78 is 11.0. The van der Waals surface area contributed by atoms with Crippen molar-refractivity contribution in [3.63, 3.8) is 0 Å². The van der Waals surface area contributed by atoms with Gasteiger partial charge in [-0.2, -0.15) is 0 Å². The number of benzene rings is 1. The van der Waals surface area contributed by atoms with Crippen LogP contribution in [0.4, 0.5) is 0 Å². The Balaban J connectivity index is 1.47. The van der Waals surface area contributed by atoms with Crippen LogP contribution in [0.5, 0.6) is 5.75 Å². The lowest BCUT2D eigenvalue weighted by Crippen LogP contribution is -2.57. The summed E-state index contributed by atoms with van der Waals surface area (Å²) in [7, 11) is 1.54. The molecule has 4 rings (SSSR count). The third-order valence-electron chi connectivity index (χ3n) is 8.13. The minimum Gasteiger partial charge on any atom is -0.497 e. The monoisotopic (exact) mass is 618 g/mol.